The highest BCUT2D eigenvalue weighted by Gasteiger charge is 2.21. The number of thiol groups is 1. The summed E-state index contributed by atoms with van der Waals surface area (Å²) in [6, 6.07) is 2.85. The first-order valence-electron chi connectivity index (χ1n) is 3.98. The number of hydrogen-bond donors (Lipinski definition) is 1. The maximum Gasteiger partial charge on any atom is 0.128 e. The summed E-state index contributed by atoms with van der Waals surface area (Å²) in [6.07, 6.45) is 0.861. The normalized spacial score (nSPS) is 20.7. The van der Waals surface area contributed by atoms with E-state index in [-0.39, 0.29) is 11.1 Å². The molecule has 2 rings (SSSR count). The van der Waals surface area contributed by atoms with E-state index in [1.165, 1.54) is 12.1 Å². The molecule has 0 radical (unpaired) electrons. The number of benzene rings is 1. The first-order chi connectivity index (χ1) is 6.18. The first kappa shape index (κ1) is 9.34. The van der Waals surface area contributed by atoms with Gasteiger partial charge in [0, 0.05) is 21.4 Å². The fourth-order valence-electron chi connectivity index (χ4n) is 1.43. The second-order valence-electron chi connectivity index (χ2n) is 2.95. The van der Waals surface area contributed by atoms with Crippen LogP contribution in [-0.4, -0.2) is 6.61 Å². The molecule has 0 N–H and O–H groups in total. The van der Waals surface area contributed by atoms with Crippen LogP contribution in [0.15, 0.2) is 16.6 Å². The Morgan fingerprint density at radius 2 is 2.31 bits per heavy atom. The third kappa shape index (κ3) is 1.70. The van der Waals surface area contributed by atoms with Crippen molar-refractivity contribution < 1.29 is 9.13 Å². The van der Waals surface area contributed by atoms with Gasteiger partial charge in [0.05, 0.1) is 6.61 Å². The highest BCUT2D eigenvalue weighted by atomic mass is 79.9. The SMILES string of the molecule is Fc1cc(Br)c2c(c1)OCCC2S. The summed E-state index contributed by atoms with van der Waals surface area (Å²) < 4.78 is 19.0. The minimum atomic E-state index is -0.284. The lowest BCUT2D eigenvalue weighted by Gasteiger charge is -2.23. The Balaban J connectivity index is 2.56. The van der Waals surface area contributed by atoms with Crippen LogP contribution >= 0.6 is 28.6 Å². The number of halogens is 2. The summed E-state index contributed by atoms with van der Waals surface area (Å²) in [4.78, 5) is 0. The highest BCUT2D eigenvalue weighted by Crippen LogP contribution is 2.41. The molecule has 0 saturated heterocycles. The summed E-state index contributed by atoms with van der Waals surface area (Å²) in [7, 11) is 0. The molecule has 0 aromatic heterocycles. The summed E-state index contributed by atoms with van der Waals surface area (Å²) in [6.45, 7) is 0.608. The Bertz CT molecular complexity index is 343. The Morgan fingerprint density at radius 1 is 1.54 bits per heavy atom. The van der Waals surface area contributed by atoms with Crippen molar-refractivity contribution in [3.63, 3.8) is 0 Å². The molecular formula is C9H8BrFOS. The lowest BCUT2D eigenvalue weighted by molar-refractivity contribution is 0.284. The second kappa shape index (κ2) is 3.50. The molecule has 0 bridgehead atoms. The molecule has 70 valence electrons. The van der Waals surface area contributed by atoms with E-state index in [4.69, 9.17) is 4.74 Å². The molecule has 1 nitrogen and oxygen atoms in total. The predicted octanol–water partition coefficient (Wildman–Crippen LogP) is 3.34. The van der Waals surface area contributed by atoms with Crippen molar-refractivity contribution in [1.82, 2.24) is 0 Å². The van der Waals surface area contributed by atoms with Crippen molar-refractivity contribution >= 4 is 28.6 Å². The zero-order valence-electron chi connectivity index (χ0n) is 6.76. The summed E-state index contributed by atoms with van der Waals surface area (Å²) in [5.74, 6) is 0.325. The van der Waals surface area contributed by atoms with Gasteiger partial charge in [0.1, 0.15) is 11.6 Å². The molecule has 1 aromatic rings. The molecule has 0 fully saturated rings. The molecule has 1 unspecified atom stereocenters. The molecule has 0 aliphatic carbocycles. The maximum absolute atomic E-state index is 12.9. The van der Waals surface area contributed by atoms with Crippen LogP contribution in [0.2, 0.25) is 0 Å². The van der Waals surface area contributed by atoms with E-state index < -0.39 is 0 Å². The molecular weight excluding hydrogens is 255 g/mol. The van der Waals surface area contributed by atoms with Gasteiger partial charge in [-0.15, -0.1) is 0 Å². The monoisotopic (exact) mass is 262 g/mol. The van der Waals surface area contributed by atoms with E-state index in [9.17, 15) is 4.39 Å². The molecule has 4 heteroatoms. The smallest absolute Gasteiger partial charge is 0.128 e. The quantitative estimate of drug-likeness (QED) is 0.706. The molecule has 1 aliphatic rings. The third-order valence-electron chi connectivity index (χ3n) is 2.04. The van der Waals surface area contributed by atoms with Crippen LogP contribution in [0.25, 0.3) is 0 Å². The van der Waals surface area contributed by atoms with Crippen LogP contribution in [-0.2, 0) is 0 Å². The van der Waals surface area contributed by atoms with Crippen LogP contribution in [0.1, 0.15) is 17.2 Å². The molecule has 1 aliphatic heterocycles. The Labute approximate surface area is 89.8 Å². The van der Waals surface area contributed by atoms with Crippen molar-refractivity contribution in [3.8, 4) is 5.75 Å². The van der Waals surface area contributed by atoms with Gasteiger partial charge in [0.15, 0.2) is 0 Å². The topological polar surface area (TPSA) is 9.23 Å². The number of fused-ring (bicyclic) bond motifs is 1. The highest BCUT2D eigenvalue weighted by molar-refractivity contribution is 9.10. The summed E-state index contributed by atoms with van der Waals surface area (Å²) in [5.41, 5.74) is 0.955. The van der Waals surface area contributed by atoms with Gasteiger partial charge in [0.2, 0.25) is 0 Å². The van der Waals surface area contributed by atoms with E-state index in [1.54, 1.807) is 0 Å². The lowest BCUT2D eigenvalue weighted by atomic mass is 10.1. The fourth-order valence-corrected chi connectivity index (χ4v) is 2.67. The van der Waals surface area contributed by atoms with Gasteiger partial charge in [-0.3, -0.25) is 0 Å². The van der Waals surface area contributed by atoms with Crippen molar-refractivity contribution in [2.24, 2.45) is 0 Å². The second-order valence-corrected chi connectivity index (χ2v) is 4.43. The van der Waals surface area contributed by atoms with Gasteiger partial charge in [-0.25, -0.2) is 4.39 Å². The molecule has 0 amide bonds. The van der Waals surface area contributed by atoms with Gasteiger partial charge in [-0.05, 0) is 12.5 Å². The molecule has 1 atom stereocenters. The predicted molar refractivity (Wildman–Crippen MR) is 55.9 cm³/mol. The Morgan fingerprint density at radius 3 is 3.08 bits per heavy atom. The van der Waals surface area contributed by atoms with Crippen LogP contribution in [0.5, 0.6) is 5.75 Å². The van der Waals surface area contributed by atoms with E-state index in [2.05, 4.69) is 28.6 Å². The average Bonchev–Trinajstić information content (AvgIpc) is 2.02. The van der Waals surface area contributed by atoms with Crippen molar-refractivity contribution in [2.45, 2.75) is 11.7 Å². The summed E-state index contributed by atoms with van der Waals surface area (Å²) >= 11 is 7.72. The van der Waals surface area contributed by atoms with Gasteiger partial charge < -0.3 is 4.74 Å². The molecule has 1 aromatic carbocycles. The van der Waals surface area contributed by atoms with Crippen LogP contribution in [0.4, 0.5) is 4.39 Å². The van der Waals surface area contributed by atoms with E-state index in [1.807, 2.05) is 0 Å². The van der Waals surface area contributed by atoms with Gasteiger partial charge in [0.25, 0.3) is 0 Å². The number of hydrogen-bond acceptors (Lipinski definition) is 2. The number of ether oxygens (including phenoxy) is 1. The zero-order valence-corrected chi connectivity index (χ0v) is 9.24. The molecule has 0 saturated carbocycles. The first-order valence-corrected chi connectivity index (χ1v) is 5.29. The third-order valence-corrected chi connectivity index (χ3v) is 3.21. The molecule has 13 heavy (non-hydrogen) atoms. The molecule has 1 heterocycles. The van der Waals surface area contributed by atoms with Crippen molar-refractivity contribution in [1.29, 1.82) is 0 Å². The van der Waals surface area contributed by atoms with E-state index >= 15 is 0 Å². The Hall–Kier alpha value is -0.220. The minimum Gasteiger partial charge on any atom is -0.493 e. The van der Waals surface area contributed by atoms with Crippen LogP contribution in [0, 0.1) is 5.82 Å². The van der Waals surface area contributed by atoms with Crippen LogP contribution in [0.3, 0.4) is 0 Å². The van der Waals surface area contributed by atoms with Gasteiger partial charge in [-0.1, -0.05) is 15.9 Å². The zero-order chi connectivity index (χ0) is 9.42. The lowest BCUT2D eigenvalue weighted by Crippen LogP contribution is -2.11. The largest absolute Gasteiger partial charge is 0.493 e. The molecule has 0 spiro atoms. The summed E-state index contributed by atoms with van der Waals surface area (Å²) in [5, 5.41) is 0.138. The standard InChI is InChI=1S/C9H8BrFOS/c10-6-3-5(11)4-7-9(6)8(13)1-2-12-7/h3-4,8,13H,1-2H2. The number of rotatable bonds is 0. The fraction of sp³-hybridized carbons (Fsp3) is 0.333. The van der Waals surface area contributed by atoms with Gasteiger partial charge >= 0.3 is 0 Å². The van der Waals surface area contributed by atoms with E-state index in [0.29, 0.717) is 12.4 Å². The van der Waals surface area contributed by atoms with Crippen molar-refractivity contribution in [3.05, 3.63) is 28.0 Å². The van der Waals surface area contributed by atoms with Crippen molar-refractivity contribution in [2.75, 3.05) is 6.61 Å². The Kier molecular flexibility index (Phi) is 2.51. The van der Waals surface area contributed by atoms with Gasteiger partial charge in [-0.2, -0.15) is 12.6 Å². The maximum atomic E-state index is 12.9. The minimum absolute atomic E-state index is 0.138. The average molecular weight is 263 g/mol. The van der Waals surface area contributed by atoms with Crippen LogP contribution < -0.4 is 4.74 Å². The van der Waals surface area contributed by atoms with E-state index in [0.717, 1.165) is 16.5 Å².